The Bertz CT molecular complexity index is 951. The van der Waals surface area contributed by atoms with Crippen molar-refractivity contribution < 1.29 is 5.11 Å². The van der Waals surface area contributed by atoms with Gasteiger partial charge in [0.15, 0.2) is 5.65 Å². The van der Waals surface area contributed by atoms with E-state index < -0.39 is 6.10 Å². The van der Waals surface area contributed by atoms with Crippen LogP contribution in [0, 0.1) is 13.8 Å². The summed E-state index contributed by atoms with van der Waals surface area (Å²) in [5.41, 5.74) is 5.49. The highest BCUT2D eigenvalue weighted by molar-refractivity contribution is 6.42. The number of nitrogens with one attached hydrogen (secondary N) is 1. The van der Waals surface area contributed by atoms with Gasteiger partial charge in [0, 0.05) is 23.9 Å². The van der Waals surface area contributed by atoms with Crippen LogP contribution in [0.1, 0.15) is 41.1 Å². The monoisotopic (exact) mass is 361 g/mol. The van der Waals surface area contributed by atoms with Crippen LogP contribution in [0.3, 0.4) is 0 Å². The number of halogens is 2. The average molecular weight is 362 g/mol. The third-order valence-electron chi connectivity index (χ3n) is 4.80. The van der Waals surface area contributed by atoms with Crippen LogP contribution in [0.4, 0.5) is 5.69 Å². The van der Waals surface area contributed by atoms with Gasteiger partial charge in [-0.05, 0) is 31.5 Å². The number of nitrogens with zero attached hydrogens (tertiary/aromatic N) is 2. The van der Waals surface area contributed by atoms with Gasteiger partial charge in [-0.2, -0.15) is 0 Å². The van der Waals surface area contributed by atoms with E-state index in [0.717, 1.165) is 33.8 Å². The molecule has 6 heteroatoms. The van der Waals surface area contributed by atoms with Gasteiger partial charge in [0.2, 0.25) is 0 Å². The number of aryl methyl sites for hydroxylation is 2. The summed E-state index contributed by atoms with van der Waals surface area (Å²) in [5, 5.41) is 15.2. The zero-order valence-electron chi connectivity index (χ0n) is 13.3. The highest BCUT2D eigenvalue weighted by atomic mass is 35.5. The fourth-order valence-corrected chi connectivity index (χ4v) is 3.80. The second-order valence-electron chi connectivity index (χ2n) is 6.21. The highest BCUT2D eigenvalue weighted by Crippen LogP contribution is 2.43. The molecule has 2 aromatic heterocycles. The standard InChI is InChI=1S/C18H17Cl2N3O/c1-9-10(2)23-7-6-12-15(24)8-14(22-17(12)18(23)21-9)11-4-3-5-13(19)16(11)20/h3-7,14-15,22,24H,8H2,1-2H3. The molecule has 0 saturated carbocycles. The Morgan fingerprint density at radius 1 is 1.21 bits per heavy atom. The predicted molar refractivity (Wildman–Crippen MR) is 97.1 cm³/mol. The minimum absolute atomic E-state index is 0.123. The summed E-state index contributed by atoms with van der Waals surface area (Å²) in [6.45, 7) is 4.02. The maximum atomic E-state index is 10.6. The highest BCUT2D eigenvalue weighted by Gasteiger charge is 2.30. The zero-order valence-corrected chi connectivity index (χ0v) is 14.9. The molecule has 3 heterocycles. The molecule has 1 aliphatic heterocycles. The van der Waals surface area contributed by atoms with E-state index in [2.05, 4.69) is 10.3 Å². The summed E-state index contributed by atoms with van der Waals surface area (Å²) in [6, 6.07) is 7.40. The number of benzene rings is 1. The minimum Gasteiger partial charge on any atom is -0.388 e. The lowest BCUT2D eigenvalue weighted by Crippen LogP contribution is -2.22. The van der Waals surface area contributed by atoms with Gasteiger partial charge in [0.05, 0.1) is 33.6 Å². The van der Waals surface area contributed by atoms with E-state index in [1.807, 2.05) is 42.6 Å². The van der Waals surface area contributed by atoms with Crippen molar-refractivity contribution in [1.82, 2.24) is 9.38 Å². The number of anilines is 1. The van der Waals surface area contributed by atoms with E-state index in [9.17, 15) is 5.11 Å². The van der Waals surface area contributed by atoms with E-state index in [1.54, 1.807) is 6.07 Å². The smallest absolute Gasteiger partial charge is 0.161 e. The molecule has 4 nitrogen and oxygen atoms in total. The van der Waals surface area contributed by atoms with Crippen LogP contribution in [0.2, 0.25) is 10.0 Å². The molecule has 124 valence electrons. The van der Waals surface area contributed by atoms with Crippen molar-refractivity contribution in [2.24, 2.45) is 0 Å². The van der Waals surface area contributed by atoms with Gasteiger partial charge in [0.25, 0.3) is 0 Å². The van der Waals surface area contributed by atoms with Gasteiger partial charge in [-0.15, -0.1) is 0 Å². The fraction of sp³-hybridized carbons (Fsp3) is 0.278. The Hall–Kier alpha value is -1.75. The third kappa shape index (κ3) is 2.29. The number of aliphatic hydroxyl groups excluding tert-OH is 1. The van der Waals surface area contributed by atoms with Crippen molar-refractivity contribution in [3.8, 4) is 0 Å². The Morgan fingerprint density at radius 3 is 2.79 bits per heavy atom. The molecule has 2 N–H and O–H groups in total. The van der Waals surface area contributed by atoms with Gasteiger partial charge in [0.1, 0.15) is 0 Å². The lowest BCUT2D eigenvalue weighted by Gasteiger charge is -2.31. The Morgan fingerprint density at radius 2 is 2.00 bits per heavy atom. The Kier molecular flexibility index (Phi) is 3.71. The van der Waals surface area contributed by atoms with Gasteiger partial charge < -0.3 is 14.8 Å². The fourth-order valence-electron chi connectivity index (χ4n) is 3.36. The molecule has 24 heavy (non-hydrogen) atoms. The van der Waals surface area contributed by atoms with Gasteiger partial charge in [-0.1, -0.05) is 35.3 Å². The number of pyridine rings is 1. The summed E-state index contributed by atoms with van der Waals surface area (Å²) < 4.78 is 2.04. The summed E-state index contributed by atoms with van der Waals surface area (Å²) in [4.78, 5) is 4.66. The molecule has 2 unspecified atom stereocenters. The molecule has 0 bridgehead atoms. The second-order valence-corrected chi connectivity index (χ2v) is 7.00. The molecule has 2 atom stereocenters. The van der Waals surface area contributed by atoms with Gasteiger partial charge in [-0.25, -0.2) is 4.98 Å². The van der Waals surface area contributed by atoms with E-state index in [1.165, 1.54) is 0 Å². The molecular weight excluding hydrogens is 345 g/mol. The maximum absolute atomic E-state index is 10.6. The molecule has 0 saturated heterocycles. The first kappa shape index (κ1) is 15.8. The molecule has 1 aromatic carbocycles. The Balaban J connectivity index is 1.86. The first-order chi connectivity index (χ1) is 11.5. The van der Waals surface area contributed by atoms with Crippen molar-refractivity contribution in [3.63, 3.8) is 0 Å². The molecule has 0 radical (unpaired) electrons. The first-order valence-corrected chi connectivity index (χ1v) is 8.59. The molecule has 3 aromatic rings. The summed E-state index contributed by atoms with van der Waals surface area (Å²) in [5.74, 6) is 0. The van der Waals surface area contributed by atoms with Crippen LogP contribution in [0.5, 0.6) is 0 Å². The van der Waals surface area contributed by atoms with E-state index in [0.29, 0.717) is 16.5 Å². The summed E-state index contributed by atoms with van der Waals surface area (Å²) in [6.07, 6.45) is 1.91. The van der Waals surface area contributed by atoms with Crippen molar-refractivity contribution in [1.29, 1.82) is 0 Å². The lowest BCUT2D eigenvalue weighted by molar-refractivity contribution is 0.156. The van der Waals surface area contributed by atoms with Gasteiger partial charge >= 0.3 is 0 Å². The average Bonchev–Trinajstić information content (AvgIpc) is 2.85. The van der Waals surface area contributed by atoms with Crippen LogP contribution in [0.25, 0.3) is 5.65 Å². The van der Waals surface area contributed by atoms with E-state index >= 15 is 0 Å². The van der Waals surface area contributed by atoms with Gasteiger partial charge in [-0.3, -0.25) is 0 Å². The predicted octanol–water partition coefficient (Wildman–Crippen LogP) is 4.85. The number of rotatable bonds is 1. The molecule has 1 aliphatic rings. The normalized spacial score (nSPS) is 20.0. The maximum Gasteiger partial charge on any atom is 0.161 e. The van der Waals surface area contributed by atoms with Crippen molar-refractivity contribution in [2.45, 2.75) is 32.4 Å². The first-order valence-electron chi connectivity index (χ1n) is 7.84. The topological polar surface area (TPSA) is 49.6 Å². The minimum atomic E-state index is -0.580. The largest absolute Gasteiger partial charge is 0.388 e. The van der Waals surface area contributed by atoms with Crippen LogP contribution in [0.15, 0.2) is 30.5 Å². The molecule has 0 amide bonds. The number of aliphatic hydroxyl groups is 1. The number of imidazole rings is 1. The zero-order chi connectivity index (χ0) is 17.0. The van der Waals surface area contributed by atoms with Crippen LogP contribution in [-0.2, 0) is 0 Å². The molecule has 0 aliphatic carbocycles. The van der Waals surface area contributed by atoms with Crippen molar-refractivity contribution >= 4 is 34.5 Å². The SMILES string of the molecule is Cc1nc2c3c(ccn2c1C)C(O)CC(c1cccc(Cl)c1Cl)N3. The third-order valence-corrected chi connectivity index (χ3v) is 5.63. The van der Waals surface area contributed by atoms with E-state index in [4.69, 9.17) is 23.2 Å². The number of hydrogen-bond acceptors (Lipinski definition) is 3. The van der Waals surface area contributed by atoms with Crippen LogP contribution in [-0.4, -0.2) is 14.5 Å². The van der Waals surface area contributed by atoms with Crippen molar-refractivity contribution in [2.75, 3.05) is 5.32 Å². The van der Waals surface area contributed by atoms with Crippen molar-refractivity contribution in [3.05, 3.63) is 63.0 Å². The number of fused-ring (bicyclic) bond motifs is 3. The van der Waals surface area contributed by atoms with E-state index in [-0.39, 0.29) is 6.04 Å². The number of hydrogen-bond donors (Lipinski definition) is 2. The second kappa shape index (κ2) is 5.66. The molecule has 0 fully saturated rings. The quantitative estimate of drug-likeness (QED) is 0.651. The Labute approximate surface area is 150 Å². The lowest BCUT2D eigenvalue weighted by atomic mass is 9.92. The molecular formula is C18H17Cl2N3O. The van der Waals surface area contributed by atoms with Crippen LogP contribution < -0.4 is 5.32 Å². The summed E-state index contributed by atoms with van der Waals surface area (Å²) in [7, 11) is 0. The molecule has 0 spiro atoms. The molecule has 4 rings (SSSR count). The summed E-state index contributed by atoms with van der Waals surface area (Å²) >= 11 is 12.5. The van der Waals surface area contributed by atoms with Crippen LogP contribution >= 0.6 is 23.2 Å². The number of aromatic nitrogens is 2.